The van der Waals surface area contributed by atoms with Gasteiger partial charge in [-0.1, -0.05) is 62.9 Å². The number of rotatable bonds is 9. The zero-order chi connectivity index (χ0) is 19.9. The van der Waals surface area contributed by atoms with E-state index < -0.39 is 0 Å². The van der Waals surface area contributed by atoms with E-state index in [0.29, 0.717) is 0 Å². The fourth-order valence-electron chi connectivity index (χ4n) is 3.70. The number of para-hydroxylation sites is 2. The molecule has 3 aromatic rings. The summed E-state index contributed by atoms with van der Waals surface area (Å²) < 4.78 is 2.28. The molecule has 4 nitrogen and oxygen atoms in total. The van der Waals surface area contributed by atoms with Gasteiger partial charge in [0.05, 0.1) is 17.1 Å². The van der Waals surface area contributed by atoms with E-state index in [1.807, 2.05) is 50.2 Å². The lowest BCUT2D eigenvalue weighted by Gasteiger charge is -2.17. The highest BCUT2D eigenvalue weighted by molar-refractivity contribution is 5.95. The monoisotopic (exact) mass is 377 g/mol. The molecule has 0 aliphatic rings. The topological polar surface area (TPSA) is 46.9 Å². The molecule has 0 aliphatic heterocycles. The minimum atomic E-state index is -0.157. The molecule has 0 bridgehead atoms. The molecular weight excluding hydrogens is 346 g/mol. The number of unbranched alkanes of at least 4 members (excludes halogenated alkanes) is 4. The first-order valence-electron chi connectivity index (χ1n) is 10.4. The van der Waals surface area contributed by atoms with Gasteiger partial charge < -0.3 is 9.88 Å². The van der Waals surface area contributed by atoms with E-state index in [1.165, 1.54) is 25.7 Å². The van der Waals surface area contributed by atoms with E-state index in [9.17, 15) is 4.79 Å². The van der Waals surface area contributed by atoms with Gasteiger partial charge in [-0.05, 0) is 44.0 Å². The quantitative estimate of drug-likeness (QED) is 0.479. The zero-order valence-corrected chi connectivity index (χ0v) is 17.2. The van der Waals surface area contributed by atoms with Crippen LogP contribution in [0.3, 0.4) is 0 Å². The average molecular weight is 378 g/mol. The minimum Gasteiger partial charge on any atom is -0.342 e. The maximum absolute atomic E-state index is 12.8. The molecule has 4 heteroatoms. The average Bonchev–Trinajstić information content (AvgIpc) is 3.07. The molecule has 148 valence electrons. The Morgan fingerprint density at radius 3 is 2.54 bits per heavy atom. The standard InChI is InChI=1S/C24H31N3O/c1-4-5-6-7-12-17-27-22-16-11-10-15-21(22)26-23(27)19(3)25-24(28)20-14-9-8-13-18(20)2/h8-11,13-16,19H,4-7,12,17H2,1-3H3,(H,25,28). The molecule has 0 radical (unpaired) electrons. The predicted molar refractivity (Wildman–Crippen MR) is 116 cm³/mol. The minimum absolute atomic E-state index is 0.0489. The summed E-state index contributed by atoms with van der Waals surface area (Å²) in [6.45, 7) is 7.15. The molecule has 28 heavy (non-hydrogen) atoms. The fourth-order valence-corrected chi connectivity index (χ4v) is 3.70. The summed E-state index contributed by atoms with van der Waals surface area (Å²) in [5.41, 5.74) is 3.83. The normalized spacial score (nSPS) is 12.2. The lowest BCUT2D eigenvalue weighted by atomic mass is 10.1. The van der Waals surface area contributed by atoms with E-state index in [2.05, 4.69) is 28.9 Å². The van der Waals surface area contributed by atoms with Crippen molar-refractivity contribution >= 4 is 16.9 Å². The third kappa shape index (κ3) is 4.61. The number of hydrogen-bond donors (Lipinski definition) is 1. The molecule has 1 amide bonds. The number of aromatic nitrogens is 2. The highest BCUT2D eigenvalue weighted by Crippen LogP contribution is 2.22. The van der Waals surface area contributed by atoms with Crippen molar-refractivity contribution in [2.75, 3.05) is 0 Å². The molecule has 2 aromatic carbocycles. The molecule has 0 fully saturated rings. The van der Waals surface area contributed by atoms with Crippen molar-refractivity contribution in [2.24, 2.45) is 0 Å². The smallest absolute Gasteiger partial charge is 0.252 e. The van der Waals surface area contributed by atoms with Crippen LogP contribution in [-0.2, 0) is 6.54 Å². The largest absolute Gasteiger partial charge is 0.342 e. The summed E-state index contributed by atoms with van der Waals surface area (Å²) >= 11 is 0. The van der Waals surface area contributed by atoms with E-state index in [4.69, 9.17) is 4.98 Å². The molecule has 3 rings (SSSR count). The second-order valence-corrected chi connectivity index (χ2v) is 7.53. The number of carbonyl (C=O) groups is 1. The van der Waals surface area contributed by atoms with Gasteiger partial charge in [0.2, 0.25) is 0 Å². The molecule has 1 heterocycles. The number of carbonyl (C=O) groups excluding carboxylic acids is 1. The summed E-state index contributed by atoms with van der Waals surface area (Å²) in [6.07, 6.45) is 6.18. The van der Waals surface area contributed by atoms with Crippen LogP contribution >= 0.6 is 0 Å². The van der Waals surface area contributed by atoms with Gasteiger partial charge in [0, 0.05) is 12.1 Å². The van der Waals surface area contributed by atoms with Crippen molar-refractivity contribution in [2.45, 2.75) is 65.5 Å². The highest BCUT2D eigenvalue weighted by atomic mass is 16.1. The highest BCUT2D eigenvalue weighted by Gasteiger charge is 2.19. The third-order valence-electron chi connectivity index (χ3n) is 5.29. The first-order chi connectivity index (χ1) is 13.6. The van der Waals surface area contributed by atoms with E-state index >= 15 is 0 Å². The summed E-state index contributed by atoms with van der Waals surface area (Å²) in [4.78, 5) is 17.6. The van der Waals surface area contributed by atoms with Crippen LogP contribution in [0.15, 0.2) is 48.5 Å². The molecule has 0 spiro atoms. The Bertz CT molecular complexity index is 928. The Hall–Kier alpha value is -2.62. The fraction of sp³-hybridized carbons (Fsp3) is 0.417. The number of imidazole rings is 1. The lowest BCUT2D eigenvalue weighted by molar-refractivity contribution is 0.0937. The van der Waals surface area contributed by atoms with Gasteiger partial charge in [-0.3, -0.25) is 4.79 Å². The maximum Gasteiger partial charge on any atom is 0.252 e. The van der Waals surface area contributed by atoms with Gasteiger partial charge in [-0.25, -0.2) is 4.98 Å². The maximum atomic E-state index is 12.8. The van der Waals surface area contributed by atoms with Crippen molar-refractivity contribution in [1.82, 2.24) is 14.9 Å². The number of nitrogens with one attached hydrogen (secondary N) is 1. The van der Waals surface area contributed by atoms with Gasteiger partial charge in [0.1, 0.15) is 5.82 Å². The van der Waals surface area contributed by atoms with Gasteiger partial charge in [0.25, 0.3) is 5.91 Å². The van der Waals surface area contributed by atoms with Crippen molar-refractivity contribution in [1.29, 1.82) is 0 Å². The van der Waals surface area contributed by atoms with Crippen LogP contribution < -0.4 is 5.32 Å². The number of hydrogen-bond acceptors (Lipinski definition) is 2. The second kappa shape index (κ2) is 9.54. The summed E-state index contributed by atoms with van der Waals surface area (Å²) in [5, 5.41) is 3.14. The van der Waals surface area contributed by atoms with E-state index in [0.717, 1.165) is 41.0 Å². The van der Waals surface area contributed by atoms with Gasteiger partial charge in [-0.2, -0.15) is 0 Å². The van der Waals surface area contributed by atoms with Crippen molar-refractivity contribution < 1.29 is 4.79 Å². The summed E-state index contributed by atoms with van der Waals surface area (Å²) in [5.74, 6) is 0.880. The van der Waals surface area contributed by atoms with Crippen molar-refractivity contribution in [3.05, 3.63) is 65.5 Å². The van der Waals surface area contributed by atoms with Crippen LogP contribution in [-0.4, -0.2) is 15.5 Å². The van der Waals surface area contributed by atoms with Crippen LogP contribution in [0.1, 0.15) is 73.7 Å². The van der Waals surface area contributed by atoms with E-state index in [1.54, 1.807) is 0 Å². The SMILES string of the molecule is CCCCCCCn1c(C(C)NC(=O)c2ccccc2C)nc2ccccc21. The Morgan fingerprint density at radius 1 is 1.04 bits per heavy atom. The third-order valence-corrected chi connectivity index (χ3v) is 5.29. The summed E-state index contributed by atoms with van der Waals surface area (Å²) in [6, 6.07) is 15.8. The van der Waals surface area contributed by atoms with Crippen LogP contribution in [0, 0.1) is 6.92 Å². The zero-order valence-electron chi connectivity index (χ0n) is 17.2. The van der Waals surface area contributed by atoms with Gasteiger partial charge in [-0.15, -0.1) is 0 Å². The number of nitrogens with zero attached hydrogens (tertiary/aromatic N) is 2. The number of benzene rings is 2. The lowest BCUT2D eigenvalue weighted by Crippen LogP contribution is -2.29. The van der Waals surface area contributed by atoms with Crippen LogP contribution in [0.5, 0.6) is 0 Å². The molecule has 1 N–H and O–H groups in total. The predicted octanol–water partition coefficient (Wildman–Crippen LogP) is 5.81. The molecule has 1 aromatic heterocycles. The molecular formula is C24H31N3O. The van der Waals surface area contributed by atoms with Gasteiger partial charge in [0.15, 0.2) is 0 Å². The number of aryl methyl sites for hydroxylation is 2. The Labute approximate surface area is 168 Å². The van der Waals surface area contributed by atoms with Crippen molar-refractivity contribution in [3.8, 4) is 0 Å². The second-order valence-electron chi connectivity index (χ2n) is 7.53. The molecule has 1 atom stereocenters. The van der Waals surface area contributed by atoms with Crippen LogP contribution in [0.2, 0.25) is 0 Å². The first-order valence-corrected chi connectivity index (χ1v) is 10.4. The van der Waals surface area contributed by atoms with Gasteiger partial charge >= 0.3 is 0 Å². The Balaban J connectivity index is 1.79. The molecule has 0 saturated carbocycles. The Morgan fingerprint density at radius 2 is 1.75 bits per heavy atom. The van der Waals surface area contributed by atoms with Crippen LogP contribution in [0.25, 0.3) is 11.0 Å². The van der Waals surface area contributed by atoms with Crippen molar-refractivity contribution in [3.63, 3.8) is 0 Å². The first kappa shape index (κ1) is 20.1. The van der Waals surface area contributed by atoms with Crippen LogP contribution in [0.4, 0.5) is 0 Å². The molecule has 1 unspecified atom stereocenters. The Kier molecular flexibility index (Phi) is 6.85. The molecule has 0 aliphatic carbocycles. The number of amides is 1. The summed E-state index contributed by atoms with van der Waals surface area (Å²) in [7, 11) is 0. The number of fused-ring (bicyclic) bond motifs is 1. The molecule has 0 saturated heterocycles. The van der Waals surface area contributed by atoms with E-state index in [-0.39, 0.29) is 11.9 Å².